The molecule has 0 bridgehead atoms. The van der Waals surface area contributed by atoms with Crippen LogP contribution in [0.4, 0.5) is 4.79 Å². The van der Waals surface area contributed by atoms with Crippen molar-refractivity contribution in [1.82, 2.24) is 10.7 Å². The number of nitrogens with zero attached hydrogens (tertiary/aromatic N) is 1. The van der Waals surface area contributed by atoms with Gasteiger partial charge in [0.25, 0.3) is 0 Å². The number of carboxylic acid groups (broad SMARTS) is 1. The molecule has 0 saturated heterocycles. The molecule has 0 fully saturated rings. The lowest BCUT2D eigenvalue weighted by molar-refractivity contribution is -0.492. The van der Waals surface area contributed by atoms with Crippen LogP contribution in [0.3, 0.4) is 0 Å². The van der Waals surface area contributed by atoms with E-state index in [1.165, 1.54) is 19.1 Å². The minimum atomic E-state index is -1.46. The number of carboxylic acids is 1. The zero-order valence-corrected chi connectivity index (χ0v) is 13.0. The molecule has 1 rings (SSSR count). The van der Waals surface area contributed by atoms with Crippen molar-refractivity contribution in [3.63, 3.8) is 0 Å². The van der Waals surface area contributed by atoms with Crippen LogP contribution >= 0.6 is 0 Å². The third-order valence-electron chi connectivity index (χ3n) is 2.97. The first kappa shape index (κ1) is 19.8. The lowest BCUT2D eigenvalue weighted by atomic mass is 10.1. The number of aliphatic hydroxyl groups excluding tert-OH is 1. The normalized spacial score (nSPS) is 13.4. The summed E-state index contributed by atoms with van der Waals surface area (Å²) in [6, 6.07) is 4.98. The fourth-order valence-corrected chi connectivity index (χ4v) is 1.80. The number of aliphatic carboxylic acids is 1. The van der Waals surface area contributed by atoms with Gasteiger partial charge in [-0.05, 0) is 37.5 Å². The van der Waals surface area contributed by atoms with E-state index in [0.717, 1.165) is 5.56 Å². The first-order chi connectivity index (χ1) is 11.3. The van der Waals surface area contributed by atoms with Crippen LogP contribution < -0.4 is 10.1 Å². The average Bonchev–Trinajstić information content (AvgIpc) is 2.50. The fourth-order valence-electron chi connectivity index (χ4n) is 1.80. The van der Waals surface area contributed by atoms with Gasteiger partial charge >= 0.3 is 12.1 Å². The smallest absolute Gasteiger partial charge is 0.413 e. The number of hydrogen-bond acceptors (Lipinski definition) is 8. The Hall–Kier alpha value is -2.24. The summed E-state index contributed by atoms with van der Waals surface area (Å²) in [5.41, 5.74) is 0.904. The van der Waals surface area contributed by atoms with Crippen LogP contribution in [0.25, 0.3) is 0 Å². The number of carbonyl (C=O) groups excluding carboxylic acids is 1. The summed E-state index contributed by atoms with van der Waals surface area (Å²) in [6.45, 7) is 1.36. The molecule has 1 aromatic rings. The first-order valence-corrected chi connectivity index (χ1v) is 7.08. The van der Waals surface area contributed by atoms with Crippen LogP contribution in [-0.2, 0) is 16.1 Å². The second-order valence-corrected chi connectivity index (χ2v) is 4.92. The molecule has 1 aromatic carbocycles. The summed E-state index contributed by atoms with van der Waals surface area (Å²) in [7, 11) is 0. The molecule has 134 valence electrons. The first-order valence-electron chi connectivity index (χ1n) is 7.08. The molecule has 2 atom stereocenters. The Morgan fingerprint density at radius 3 is 2.38 bits per heavy atom. The number of benzene rings is 1. The maximum atomic E-state index is 11.6. The molecular formula is C14H20N2O8. The van der Waals surface area contributed by atoms with Gasteiger partial charge in [0.2, 0.25) is 0 Å². The number of aliphatic hydroxyl groups is 1. The molecule has 10 nitrogen and oxygen atoms in total. The SMILES string of the molecule is CC(O)C(NC(=O)Oc1ccc(CCCON(O)O)cc1)C(=O)O. The monoisotopic (exact) mass is 344 g/mol. The van der Waals surface area contributed by atoms with Gasteiger partial charge in [-0.25, -0.2) is 9.59 Å². The van der Waals surface area contributed by atoms with Crippen molar-refractivity contribution in [2.75, 3.05) is 6.61 Å². The van der Waals surface area contributed by atoms with E-state index >= 15 is 0 Å². The molecule has 1 amide bonds. The lowest BCUT2D eigenvalue weighted by Crippen LogP contribution is -2.48. The Bertz CT molecular complexity index is 532. The molecule has 5 N–H and O–H groups in total. The molecule has 0 spiro atoms. The quantitative estimate of drug-likeness (QED) is 0.320. The number of aryl methyl sites for hydroxylation is 1. The van der Waals surface area contributed by atoms with E-state index in [1.807, 2.05) is 0 Å². The molecule has 0 radical (unpaired) electrons. The third kappa shape index (κ3) is 7.35. The summed E-state index contributed by atoms with van der Waals surface area (Å²) in [4.78, 5) is 26.9. The average molecular weight is 344 g/mol. The highest BCUT2D eigenvalue weighted by Gasteiger charge is 2.25. The molecule has 24 heavy (non-hydrogen) atoms. The fraction of sp³-hybridized carbons (Fsp3) is 0.429. The molecule has 0 aliphatic rings. The van der Waals surface area contributed by atoms with Gasteiger partial charge in [-0.15, -0.1) is 0 Å². The maximum Gasteiger partial charge on any atom is 0.413 e. The van der Waals surface area contributed by atoms with Gasteiger partial charge in [0.05, 0.1) is 18.1 Å². The molecule has 0 heterocycles. The van der Waals surface area contributed by atoms with Gasteiger partial charge in [0.1, 0.15) is 5.75 Å². The van der Waals surface area contributed by atoms with Gasteiger partial charge in [0.15, 0.2) is 6.04 Å². The van der Waals surface area contributed by atoms with Crippen molar-refractivity contribution in [2.45, 2.75) is 31.9 Å². The number of hydrogen-bond donors (Lipinski definition) is 5. The highest BCUT2D eigenvalue weighted by molar-refractivity contribution is 5.81. The molecule has 0 saturated carbocycles. The topological polar surface area (TPSA) is 149 Å². The van der Waals surface area contributed by atoms with Crippen LogP contribution in [0.5, 0.6) is 5.75 Å². The highest BCUT2D eigenvalue weighted by atomic mass is 17.1. The minimum absolute atomic E-state index is 0.115. The van der Waals surface area contributed by atoms with E-state index in [4.69, 9.17) is 20.3 Å². The summed E-state index contributed by atoms with van der Waals surface area (Å²) < 4.78 is 4.94. The van der Waals surface area contributed by atoms with Gasteiger partial charge in [0, 0.05) is 0 Å². The summed E-state index contributed by atoms with van der Waals surface area (Å²) in [5.74, 6) is -1.16. The van der Waals surface area contributed by atoms with Gasteiger partial charge < -0.3 is 20.3 Å². The van der Waals surface area contributed by atoms with Gasteiger partial charge in [-0.1, -0.05) is 12.1 Å². The molecular weight excluding hydrogens is 324 g/mol. The van der Waals surface area contributed by atoms with E-state index in [2.05, 4.69) is 10.2 Å². The summed E-state index contributed by atoms with van der Waals surface area (Å²) >= 11 is 0. The van der Waals surface area contributed by atoms with Crippen molar-refractivity contribution in [1.29, 1.82) is 0 Å². The Morgan fingerprint density at radius 2 is 1.88 bits per heavy atom. The van der Waals surface area contributed by atoms with E-state index in [0.29, 0.717) is 12.8 Å². The van der Waals surface area contributed by atoms with Crippen LogP contribution in [0, 0.1) is 0 Å². The van der Waals surface area contributed by atoms with Crippen LogP contribution in [0.1, 0.15) is 18.9 Å². The lowest BCUT2D eigenvalue weighted by Gasteiger charge is -2.16. The van der Waals surface area contributed by atoms with Crippen LogP contribution in [0.2, 0.25) is 0 Å². The van der Waals surface area contributed by atoms with Crippen molar-refractivity contribution < 1.29 is 39.8 Å². The third-order valence-corrected chi connectivity index (χ3v) is 2.97. The largest absolute Gasteiger partial charge is 0.480 e. The van der Waals surface area contributed by atoms with Gasteiger partial charge in [-0.2, -0.15) is 0 Å². The van der Waals surface area contributed by atoms with Crippen LogP contribution in [0.15, 0.2) is 24.3 Å². The second kappa shape index (κ2) is 9.80. The van der Waals surface area contributed by atoms with E-state index in [-0.39, 0.29) is 17.7 Å². The van der Waals surface area contributed by atoms with Crippen LogP contribution in [-0.4, -0.2) is 56.8 Å². The van der Waals surface area contributed by atoms with Crippen molar-refractivity contribution in [3.8, 4) is 5.75 Å². The van der Waals surface area contributed by atoms with E-state index in [1.54, 1.807) is 12.1 Å². The Balaban J connectivity index is 2.45. The molecule has 0 aliphatic carbocycles. The van der Waals surface area contributed by atoms with Crippen molar-refractivity contribution in [3.05, 3.63) is 29.8 Å². The van der Waals surface area contributed by atoms with Crippen molar-refractivity contribution in [2.24, 2.45) is 0 Å². The number of ether oxygens (including phenoxy) is 1. The molecule has 0 aliphatic heterocycles. The Labute approximate surface area is 137 Å². The van der Waals surface area contributed by atoms with E-state index < -0.39 is 24.2 Å². The molecule has 0 aromatic heterocycles. The number of rotatable bonds is 9. The molecule has 10 heteroatoms. The second-order valence-electron chi connectivity index (χ2n) is 4.92. The highest BCUT2D eigenvalue weighted by Crippen LogP contribution is 2.14. The number of amides is 1. The number of nitrogens with one attached hydrogen (secondary N) is 1. The predicted octanol–water partition coefficient (Wildman–Crippen LogP) is 0.554. The maximum absolute atomic E-state index is 11.6. The zero-order valence-electron chi connectivity index (χ0n) is 13.0. The predicted molar refractivity (Wildman–Crippen MR) is 78.4 cm³/mol. The number of carbonyl (C=O) groups is 2. The Kier molecular flexibility index (Phi) is 8.09. The summed E-state index contributed by atoms with van der Waals surface area (Å²) in [6.07, 6.45) is -1.12. The minimum Gasteiger partial charge on any atom is -0.480 e. The molecule has 2 unspecified atom stereocenters. The zero-order chi connectivity index (χ0) is 18.1. The standard InChI is InChI=1S/C14H20N2O8/c1-9(17)12(13(18)19)15-14(20)24-11-6-4-10(5-7-11)3-2-8-23-16(21)22/h4-7,9,12,17,21-22H,2-3,8H2,1H3,(H,15,20)(H,18,19). The Morgan fingerprint density at radius 1 is 1.25 bits per heavy atom. The van der Waals surface area contributed by atoms with E-state index in [9.17, 15) is 14.7 Å². The summed E-state index contributed by atoms with van der Waals surface area (Å²) in [5, 5.41) is 36.6. The van der Waals surface area contributed by atoms with Gasteiger partial charge in [-0.3, -0.25) is 15.3 Å². The van der Waals surface area contributed by atoms with Crippen molar-refractivity contribution >= 4 is 12.1 Å².